The predicted octanol–water partition coefficient (Wildman–Crippen LogP) is 2.49. The van der Waals surface area contributed by atoms with Crippen LogP contribution in [0, 0.1) is 6.92 Å². The van der Waals surface area contributed by atoms with Crippen molar-refractivity contribution in [1.29, 1.82) is 0 Å². The van der Waals surface area contributed by atoms with Gasteiger partial charge in [0.1, 0.15) is 10.7 Å². The summed E-state index contributed by atoms with van der Waals surface area (Å²) in [6.07, 6.45) is 0. The van der Waals surface area contributed by atoms with Crippen LogP contribution in [0.3, 0.4) is 0 Å². The maximum absolute atomic E-state index is 12.0. The number of rotatable bonds is 3. The number of carbonyl (C=O) groups excluding carboxylic acids is 2. The summed E-state index contributed by atoms with van der Waals surface area (Å²) in [7, 11) is 1.30. The highest BCUT2D eigenvalue weighted by molar-refractivity contribution is 7.16. The normalized spacial score (nSPS) is 10.0. The lowest BCUT2D eigenvalue weighted by Gasteiger charge is -2.02. The summed E-state index contributed by atoms with van der Waals surface area (Å²) in [4.78, 5) is 28.3. The van der Waals surface area contributed by atoms with Crippen molar-refractivity contribution < 1.29 is 14.3 Å². The van der Waals surface area contributed by atoms with E-state index >= 15 is 0 Å². The molecule has 0 saturated heterocycles. The van der Waals surface area contributed by atoms with Crippen LogP contribution < -0.4 is 5.32 Å². The van der Waals surface area contributed by atoms with E-state index in [2.05, 4.69) is 15.0 Å². The number of amides is 1. The van der Waals surface area contributed by atoms with Crippen LogP contribution in [0.5, 0.6) is 0 Å². The number of hydrogen-bond acceptors (Lipinski definition) is 5. The maximum Gasteiger partial charge on any atom is 0.348 e. The zero-order valence-electron chi connectivity index (χ0n) is 10.5. The van der Waals surface area contributed by atoms with Crippen LogP contribution in [-0.2, 0) is 4.74 Å². The second-order valence-electron chi connectivity index (χ2n) is 3.77. The fourth-order valence-corrected chi connectivity index (χ4v) is 2.28. The van der Waals surface area contributed by atoms with Gasteiger partial charge in [0.2, 0.25) is 0 Å². The molecule has 6 heteroatoms. The summed E-state index contributed by atoms with van der Waals surface area (Å²) < 4.78 is 4.59. The smallest absolute Gasteiger partial charge is 0.348 e. The number of hydrogen-bond donors (Lipinski definition) is 1. The Morgan fingerprint density at radius 3 is 2.63 bits per heavy atom. The zero-order valence-corrected chi connectivity index (χ0v) is 11.3. The SMILES string of the molecule is COC(=O)c1ccc(C(=O)Nc2cccc(C)n2)s1. The Morgan fingerprint density at radius 1 is 1.21 bits per heavy atom. The zero-order chi connectivity index (χ0) is 13.8. The second-order valence-corrected chi connectivity index (χ2v) is 4.86. The lowest BCUT2D eigenvalue weighted by Crippen LogP contribution is -2.11. The van der Waals surface area contributed by atoms with Gasteiger partial charge in [0.05, 0.1) is 12.0 Å². The van der Waals surface area contributed by atoms with Gasteiger partial charge in [-0.2, -0.15) is 0 Å². The first kappa shape index (κ1) is 13.2. The molecule has 0 bridgehead atoms. The topological polar surface area (TPSA) is 68.3 Å². The number of esters is 1. The first-order valence-corrected chi connectivity index (χ1v) is 6.35. The second kappa shape index (κ2) is 5.62. The van der Waals surface area contributed by atoms with E-state index in [1.165, 1.54) is 7.11 Å². The Balaban J connectivity index is 2.12. The van der Waals surface area contributed by atoms with Crippen molar-refractivity contribution in [3.8, 4) is 0 Å². The molecule has 2 aromatic heterocycles. The van der Waals surface area contributed by atoms with Gasteiger partial charge in [0, 0.05) is 5.69 Å². The molecule has 19 heavy (non-hydrogen) atoms. The number of nitrogens with one attached hydrogen (secondary N) is 1. The molecule has 0 unspecified atom stereocenters. The van der Waals surface area contributed by atoms with Crippen molar-refractivity contribution in [1.82, 2.24) is 4.98 Å². The van der Waals surface area contributed by atoms with Crippen LogP contribution >= 0.6 is 11.3 Å². The number of aryl methyl sites for hydroxylation is 1. The summed E-state index contributed by atoms with van der Waals surface area (Å²) >= 11 is 1.08. The number of carbonyl (C=O) groups is 2. The van der Waals surface area contributed by atoms with Crippen molar-refractivity contribution in [2.24, 2.45) is 0 Å². The molecule has 1 amide bonds. The minimum absolute atomic E-state index is 0.293. The Morgan fingerprint density at radius 2 is 1.95 bits per heavy atom. The average Bonchev–Trinajstić information content (AvgIpc) is 2.87. The fraction of sp³-hybridized carbons (Fsp3) is 0.154. The standard InChI is InChI=1S/C13H12N2O3S/c1-8-4-3-5-11(14-8)15-12(16)9-6-7-10(19-9)13(17)18-2/h3-7H,1-2H3,(H,14,15,16). The molecular formula is C13H12N2O3S. The van der Waals surface area contributed by atoms with Crippen LogP contribution in [0.25, 0.3) is 0 Å². The number of aromatic nitrogens is 1. The van der Waals surface area contributed by atoms with E-state index in [0.717, 1.165) is 17.0 Å². The van der Waals surface area contributed by atoms with Gasteiger partial charge in [-0.1, -0.05) is 6.07 Å². The summed E-state index contributed by atoms with van der Waals surface area (Å²) in [5, 5.41) is 2.68. The predicted molar refractivity (Wildman–Crippen MR) is 72.6 cm³/mol. The molecule has 98 valence electrons. The lowest BCUT2D eigenvalue weighted by atomic mass is 10.3. The van der Waals surface area contributed by atoms with E-state index in [9.17, 15) is 9.59 Å². The number of nitrogens with zero attached hydrogens (tertiary/aromatic N) is 1. The molecule has 1 N–H and O–H groups in total. The molecule has 0 fully saturated rings. The number of anilines is 1. The fourth-order valence-electron chi connectivity index (χ4n) is 1.46. The van der Waals surface area contributed by atoms with Crippen LogP contribution in [0.1, 0.15) is 25.0 Å². The third-order valence-corrected chi connectivity index (χ3v) is 3.41. The molecule has 0 aliphatic rings. The molecule has 0 saturated carbocycles. The van der Waals surface area contributed by atoms with E-state index in [1.807, 2.05) is 19.1 Å². The summed E-state index contributed by atoms with van der Waals surface area (Å²) in [5.41, 5.74) is 0.819. The first-order valence-electron chi connectivity index (χ1n) is 5.53. The van der Waals surface area contributed by atoms with E-state index in [0.29, 0.717) is 15.6 Å². The summed E-state index contributed by atoms with van der Waals surface area (Å²) in [6, 6.07) is 8.51. The van der Waals surface area contributed by atoms with Crippen molar-refractivity contribution in [2.75, 3.05) is 12.4 Å². The number of methoxy groups -OCH3 is 1. The lowest BCUT2D eigenvalue weighted by molar-refractivity contribution is 0.0606. The van der Waals surface area contributed by atoms with Crippen molar-refractivity contribution in [3.63, 3.8) is 0 Å². The van der Waals surface area contributed by atoms with Gasteiger partial charge in [-0.15, -0.1) is 11.3 Å². The van der Waals surface area contributed by atoms with Crippen molar-refractivity contribution in [2.45, 2.75) is 6.92 Å². The number of thiophene rings is 1. The largest absolute Gasteiger partial charge is 0.465 e. The number of ether oxygens (including phenoxy) is 1. The summed E-state index contributed by atoms with van der Waals surface area (Å²) in [6.45, 7) is 1.84. The van der Waals surface area contributed by atoms with Gasteiger partial charge in [-0.3, -0.25) is 4.79 Å². The molecule has 2 heterocycles. The molecule has 2 rings (SSSR count). The molecular weight excluding hydrogens is 264 g/mol. The van der Waals surface area contributed by atoms with Gasteiger partial charge in [0.15, 0.2) is 0 Å². The average molecular weight is 276 g/mol. The van der Waals surface area contributed by atoms with Crippen molar-refractivity contribution in [3.05, 3.63) is 45.8 Å². The van der Waals surface area contributed by atoms with Crippen LogP contribution in [0.15, 0.2) is 30.3 Å². The molecule has 0 aromatic carbocycles. The van der Waals surface area contributed by atoms with E-state index < -0.39 is 5.97 Å². The quantitative estimate of drug-likeness (QED) is 0.874. The highest BCUT2D eigenvalue weighted by atomic mass is 32.1. The first-order chi connectivity index (χ1) is 9.10. The molecule has 5 nitrogen and oxygen atoms in total. The van der Waals surface area contributed by atoms with E-state index in [-0.39, 0.29) is 5.91 Å². The molecule has 0 aliphatic heterocycles. The van der Waals surface area contributed by atoms with Gasteiger partial charge >= 0.3 is 5.97 Å². The minimum Gasteiger partial charge on any atom is -0.465 e. The van der Waals surface area contributed by atoms with Gasteiger partial charge in [-0.05, 0) is 31.2 Å². The van der Waals surface area contributed by atoms with E-state index in [4.69, 9.17) is 0 Å². The molecule has 2 aromatic rings. The minimum atomic E-state index is -0.447. The van der Waals surface area contributed by atoms with Crippen LogP contribution in [-0.4, -0.2) is 24.0 Å². The monoisotopic (exact) mass is 276 g/mol. The van der Waals surface area contributed by atoms with Crippen molar-refractivity contribution >= 4 is 29.0 Å². The van der Waals surface area contributed by atoms with Crippen LogP contribution in [0.4, 0.5) is 5.82 Å². The third kappa shape index (κ3) is 3.17. The highest BCUT2D eigenvalue weighted by Gasteiger charge is 2.14. The Labute approximate surface area is 114 Å². The molecule has 0 aliphatic carbocycles. The molecule has 0 atom stereocenters. The third-order valence-electron chi connectivity index (χ3n) is 2.35. The van der Waals surface area contributed by atoms with Crippen LogP contribution in [0.2, 0.25) is 0 Å². The van der Waals surface area contributed by atoms with E-state index in [1.54, 1.807) is 18.2 Å². The van der Waals surface area contributed by atoms with Gasteiger partial charge < -0.3 is 10.1 Å². The van der Waals surface area contributed by atoms with Gasteiger partial charge in [-0.25, -0.2) is 9.78 Å². The Bertz CT molecular complexity index is 622. The maximum atomic E-state index is 12.0. The van der Waals surface area contributed by atoms with Gasteiger partial charge in [0.25, 0.3) is 5.91 Å². The molecule has 0 radical (unpaired) electrons. The number of pyridine rings is 1. The Hall–Kier alpha value is -2.21. The Kier molecular flexibility index (Phi) is 3.91. The summed E-state index contributed by atoms with van der Waals surface area (Å²) in [5.74, 6) is -0.256. The molecule has 0 spiro atoms. The highest BCUT2D eigenvalue weighted by Crippen LogP contribution is 2.18.